The summed E-state index contributed by atoms with van der Waals surface area (Å²) in [4.78, 5) is 4.99. The Morgan fingerprint density at radius 2 is 1.79 bits per heavy atom. The Labute approximate surface area is 87.8 Å². The zero-order valence-corrected chi connectivity index (χ0v) is 9.55. The highest BCUT2D eigenvalue weighted by atomic mass is 15.3. The van der Waals surface area contributed by atoms with Crippen molar-refractivity contribution in [2.45, 2.75) is 6.92 Å². The topological polar surface area (TPSA) is 18.5 Å². The second-order valence-corrected chi connectivity index (χ2v) is 3.99. The van der Waals surface area contributed by atoms with Crippen molar-refractivity contribution in [1.82, 2.24) is 15.1 Å². The van der Waals surface area contributed by atoms with E-state index >= 15 is 0 Å². The molecule has 0 radical (unpaired) electrons. The lowest BCUT2D eigenvalue weighted by Crippen LogP contribution is -2.46. The minimum Gasteiger partial charge on any atom is -0.316 e. The second-order valence-electron chi connectivity index (χ2n) is 3.99. The smallest absolute Gasteiger partial charge is 0.0203 e. The number of hydrogen-bond acceptors (Lipinski definition) is 3. The van der Waals surface area contributed by atoms with Crippen LogP contribution in [-0.4, -0.2) is 62.7 Å². The SMILES string of the molecule is C=C(CNC)CN1CCN(CC)CC1. The van der Waals surface area contributed by atoms with Crippen LogP contribution in [0.1, 0.15) is 6.92 Å². The molecule has 1 rings (SSSR count). The first-order valence-corrected chi connectivity index (χ1v) is 5.52. The molecule has 82 valence electrons. The third kappa shape index (κ3) is 3.78. The van der Waals surface area contributed by atoms with E-state index in [0.29, 0.717) is 0 Å². The summed E-state index contributed by atoms with van der Waals surface area (Å²) in [5, 5.41) is 3.14. The van der Waals surface area contributed by atoms with E-state index in [2.05, 4.69) is 28.6 Å². The molecule has 3 nitrogen and oxygen atoms in total. The van der Waals surface area contributed by atoms with Crippen LogP contribution in [-0.2, 0) is 0 Å². The lowest BCUT2D eigenvalue weighted by molar-refractivity contribution is 0.145. The monoisotopic (exact) mass is 197 g/mol. The zero-order chi connectivity index (χ0) is 10.4. The average Bonchev–Trinajstić information content (AvgIpc) is 2.19. The summed E-state index contributed by atoms with van der Waals surface area (Å²) in [7, 11) is 1.97. The van der Waals surface area contributed by atoms with Gasteiger partial charge in [-0.25, -0.2) is 0 Å². The largest absolute Gasteiger partial charge is 0.316 e. The van der Waals surface area contributed by atoms with Gasteiger partial charge < -0.3 is 10.2 Å². The van der Waals surface area contributed by atoms with Gasteiger partial charge in [-0.15, -0.1) is 0 Å². The Hall–Kier alpha value is -0.380. The molecule has 14 heavy (non-hydrogen) atoms. The Morgan fingerprint density at radius 1 is 1.21 bits per heavy atom. The van der Waals surface area contributed by atoms with Crippen LogP contribution >= 0.6 is 0 Å². The minimum atomic E-state index is 0.938. The molecule has 0 aromatic carbocycles. The van der Waals surface area contributed by atoms with Crippen LogP contribution in [0.3, 0.4) is 0 Å². The standard InChI is InChI=1S/C11H23N3/c1-4-13-5-7-14(8-6-13)10-11(2)9-12-3/h12H,2,4-10H2,1,3H3. The van der Waals surface area contributed by atoms with Gasteiger partial charge in [-0.05, 0) is 19.2 Å². The van der Waals surface area contributed by atoms with Crippen LogP contribution in [0.25, 0.3) is 0 Å². The number of rotatable bonds is 5. The van der Waals surface area contributed by atoms with Crippen molar-refractivity contribution in [3.63, 3.8) is 0 Å². The van der Waals surface area contributed by atoms with Gasteiger partial charge in [-0.3, -0.25) is 4.90 Å². The molecule has 0 bridgehead atoms. The van der Waals surface area contributed by atoms with Crippen molar-refractivity contribution >= 4 is 0 Å². The van der Waals surface area contributed by atoms with Gasteiger partial charge in [-0.1, -0.05) is 13.5 Å². The van der Waals surface area contributed by atoms with Crippen molar-refractivity contribution in [1.29, 1.82) is 0 Å². The van der Waals surface area contributed by atoms with E-state index in [1.165, 1.54) is 38.3 Å². The molecule has 1 heterocycles. The first-order valence-electron chi connectivity index (χ1n) is 5.52. The van der Waals surface area contributed by atoms with E-state index < -0.39 is 0 Å². The van der Waals surface area contributed by atoms with Crippen molar-refractivity contribution in [2.75, 3.05) is 52.9 Å². The van der Waals surface area contributed by atoms with Gasteiger partial charge >= 0.3 is 0 Å². The quantitative estimate of drug-likeness (QED) is 0.644. The average molecular weight is 197 g/mol. The third-order valence-corrected chi connectivity index (χ3v) is 2.79. The van der Waals surface area contributed by atoms with Crippen LogP contribution in [0.15, 0.2) is 12.2 Å². The van der Waals surface area contributed by atoms with Crippen LogP contribution in [0.5, 0.6) is 0 Å². The number of nitrogens with zero attached hydrogens (tertiary/aromatic N) is 2. The lowest BCUT2D eigenvalue weighted by Gasteiger charge is -2.34. The van der Waals surface area contributed by atoms with E-state index in [9.17, 15) is 0 Å². The van der Waals surface area contributed by atoms with Crippen molar-refractivity contribution in [3.8, 4) is 0 Å². The molecular formula is C11H23N3. The van der Waals surface area contributed by atoms with Gasteiger partial charge in [0.2, 0.25) is 0 Å². The maximum Gasteiger partial charge on any atom is 0.0203 e. The van der Waals surface area contributed by atoms with Gasteiger partial charge in [0.25, 0.3) is 0 Å². The summed E-state index contributed by atoms with van der Waals surface area (Å²) in [5.41, 5.74) is 1.29. The predicted octanol–water partition coefficient (Wildman–Crippen LogP) is 0.400. The van der Waals surface area contributed by atoms with Crippen LogP contribution in [0, 0.1) is 0 Å². The molecule has 0 spiro atoms. The van der Waals surface area contributed by atoms with Crippen molar-refractivity contribution in [3.05, 3.63) is 12.2 Å². The highest BCUT2D eigenvalue weighted by molar-refractivity contribution is 5.00. The second kappa shape index (κ2) is 6.17. The molecule has 0 atom stereocenters. The first kappa shape index (κ1) is 11.7. The van der Waals surface area contributed by atoms with E-state index in [0.717, 1.165) is 13.1 Å². The van der Waals surface area contributed by atoms with E-state index in [1.54, 1.807) is 0 Å². The normalized spacial score (nSPS) is 19.9. The minimum absolute atomic E-state index is 0.938. The van der Waals surface area contributed by atoms with Crippen LogP contribution in [0.4, 0.5) is 0 Å². The summed E-state index contributed by atoms with van der Waals surface area (Å²) >= 11 is 0. The van der Waals surface area contributed by atoms with Gasteiger partial charge in [0.1, 0.15) is 0 Å². The molecule has 1 aliphatic heterocycles. The highest BCUT2D eigenvalue weighted by Crippen LogP contribution is 2.03. The molecular weight excluding hydrogens is 174 g/mol. The zero-order valence-electron chi connectivity index (χ0n) is 9.55. The summed E-state index contributed by atoms with van der Waals surface area (Å²) in [6.45, 7) is 14.3. The molecule has 3 heteroatoms. The Balaban J connectivity index is 2.18. The molecule has 1 fully saturated rings. The summed E-state index contributed by atoms with van der Waals surface area (Å²) in [6.07, 6.45) is 0. The summed E-state index contributed by atoms with van der Waals surface area (Å²) in [5.74, 6) is 0. The van der Waals surface area contributed by atoms with E-state index in [1.807, 2.05) is 7.05 Å². The van der Waals surface area contributed by atoms with Crippen LogP contribution in [0.2, 0.25) is 0 Å². The predicted molar refractivity (Wildman–Crippen MR) is 61.6 cm³/mol. The Morgan fingerprint density at radius 3 is 2.29 bits per heavy atom. The molecule has 0 aromatic heterocycles. The summed E-state index contributed by atoms with van der Waals surface area (Å²) < 4.78 is 0. The Bertz CT molecular complexity index is 171. The van der Waals surface area contributed by atoms with Gasteiger partial charge in [0.15, 0.2) is 0 Å². The Kier molecular flexibility index (Phi) is 5.15. The number of hydrogen-bond donors (Lipinski definition) is 1. The summed E-state index contributed by atoms with van der Waals surface area (Å²) in [6, 6.07) is 0. The number of nitrogens with one attached hydrogen (secondary N) is 1. The molecule has 1 aliphatic rings. The van der Waals surface area contributed by atoms with E-state index in [4.69, 9.17) is 0 Å². The lowest BCUT2D eigenvalue weighted by atomic mass is 10.2. The maximum atomic E-state index is 4.06. The highest BCUT2D eigenvalue weighted by Gasteiger charge is 2.15. The van der Waals surface area contributed by atoms with Crippen molar-refractivity contribution < 1.29 is 0 Å². The number of likely N-dealkylation sites (N-methyl/N-ethyl adjacent to an activating group) is 2. The van der Waals surface area contributed by atoms with E-state index in [-0.39, 0.29) is 0 Å². The third-order valence-electron chi connectivity index (χ3n) is 2.79. The molecule has 0 unspecified atom stereocenters. The van der Waals surface area contributed by atoms with Gasteiger partial charge in [-0.2, -0.15) is 0 Å². The fourth-order valence-electron chi connectivity index (χ4n) is 1.89. The molecule has 1 saturated heterocycles. The maximum absolute atomic E-state index is 4.06. The molecule has 0 aromatic rings. The van der Waals surface area contributed by atoms with Gasteiger partial charge in [0.05, 0.1) is 0 Å². The fraction of sp³-hybridized carbons (Fsp3) is 0.818. The fourth-order valence-corrected chi connectivity index (χ4v) is 1.89. The molecule has 1 N–H and O–H groups in total. The van der Waals surface area contributed by atoms with Crippen molar-refractivity contribution in [2.24, 2.45) is 0 Å². The van der Waals surface area contributed by atoms with Gasteiger partial charge in [0, 0.05) is 39.3 Å². The number of piperazine rings is 1. The molecule has 0 amide bonds. The first-order chi connectivity index (χ1) is 6.76. The molecule has 0 saturated carbocycles. The molecule has 0 aliphatic carbocycles. The van der Waals surface area contributed by atoms with Crippen LogP contribution < -0.4 is 5.32 Å².